The van der Waals surface area contributed by atoms with Gasteiger partial charge < -0.3 is 4.74 Å². The highest BCUT2D eigenvalue weighted by Crippen LogP contribution is 2.46. The molecule has 2 aliphatic heterocycles. The summed E-state index contributed by atoms with van der Waals surface area (Å²) < 4.78 is 31.7. The van der Waals surface area contributed by atoms with Crippen LogP contribution in [0.5, 0.6) is 5.88 Å². The average Bonchev–Trinajstić information content (AvgIpc) is 3.26. The number of sulfone groups is 1. The molecule has 3 aromatic rings. The number of ether oxygens (including phenoxy) is 1. The fourth-order valence-electron chi connectivity index (χ4n) is 4.55. The Morgan fingerprint density at radius 3 is 2.69 bits per heavy atom. The van der Waals surface area contributed by atoms with Crippen LogP contribution in [0, 0.1) is 0 Å². The number of nitrogens with zero attached hydrogens (tertiary/aromatic N) is 3. The molecule has 0 aliphatic carbocycles. The molecule has 6 nitrogen and oxygen atoms in total. The molecule has 0 saturated carbocycles. The van der Waals surface area contributed by atoms with Crippen LogP contribution in [0.25, 0.3) is 11.1 Å². The molecule has 0 radical (unpaired) electrons. The largest absolute Gasteiger partial charge is 0.481 e. The lowest BCUT2D eigenvalue weighted by atomic mass is 9.95. The second kappa shape index (κ2) is 6.93. The number of hydrogen-bond donors (Lipinski definition) is 0. The fraction of sp³-hybridized carbons (Fsp3) is 0.273. The van der Waals surface area contributed by atoms with E-state index in [4.69, 9.17) is 4.74 Å². The van der Waals surface area contributed by atoms with Crippen LogP contribution in [-0.4, -0.2) is 48.7 Å². The molecule has 29 heavy (non-hydrogen) atoms. The number of rotatable bonds is 4. The third-order valence-electron chi connectivity index (χ3n) is 5.91. The molecule has 0 amide bonds. The SMILES string of the molecule is COc1ncccc1CN1C[C@@H]2c3cc(-c4ccncc4)ccc3S(=O)(=O)[C@@H]2C1. The Kier molecular flexibility index (Phi) is 4.37. The quantitative estimate of drug-likeness (QED) is 0.662. The monoisotopic (exact) mass is 407 g/mol. The molecule has 148 valence electrons. The van der Waals surface area contributed by atoms with Crippen molar-refractivity contribution in [2.75, 3.05) is 20.2 Å². The summed E-state index contributed by atoms with van der Waals surface area (Å²) in [6, 6.07) is 13.4. The molecule has 2 atom stereocenters. The van der Waals surface area contributed by atoms with Gasteiger partial charge in [0.05, 0.1) is 17.3 Å². The summed E-state index contributed by atoms with van der Waals surface area (Å²) in [4.78, 5) is 11.0. The van der Waals surface area contributed by atoms with Gasteiger partial charge in [0.25, 0.3) is 0 Å². The number of pyridine rings is 2. The maximum atomic E-state index is 13.2. The van der Waals surface area contributed by atoms with Crippen LogP contribution in [0.3, 0.4) is 0 Å². The first kappa shape index (κ1) is 18.3. The minimum Gasteiger partial charge on any atom is -0.481 e. The predicted octanol–water partition coefficient (Wildman–Crippen LogP) is 2.91. The Morgan fingerprint density at radius 1 is 1.07 bits per heavy atom. The zero-order chi connectivity index (χ0) is 20.0. The van der Waals surface area contributed by atoms with Crippen molar-refractivity contribution < 1.29 is 13.2 Å². The van der Waals surface area contributed by atoms with Crippen LogP contribution in [0.15, 0.2) is 66.0 Å². The maximum Gasteiger partial charge on any atom is 0.217 e. The molecule has 1 aromatic carbocycles. The van der Waals surface area contributed by atoms with Gasteiger partial charge >= 0.3 is 0 Å². The molecular formula is C22H21N3O3S. The molecular weight excluding hydrogens is 386 g/mol. The van der Waals surface area contributed by atoms with Gasteiger partial charge in [-0.1, -0.05) is 12.1 Å². The van der Waals surface area contributed by atoms with Gasteiger partial charge in [0, 0.05) is 49.7 Å². The van der Waals surface area contributed by atoms with Gasteiger partial charge in [0.1, 0.15) is 0 Å². The Hall–Kier alpha value is -2.77. The van der Waals surface area contributed by atoms with Crippen molar-refractivity contribution in [1.82, 2.24) is 14.9 Å². The van der Waals surface area contributed by atoms with Gasteiger partial charge in [-0.2, -0.15) is 0 Å². The average molecular weight is 407 g/mol. The highest BCUT2D eigenvalue weighted by molar-refractivity contribution is 7.92. The van der Waals surface area contributed by atoms with E-state index in [1.165, 1.54) is 0 Å². The molecule has 1 fully saturated rings. The number of methoxy groups -OCH3 is 1. The van der Waals surface area contributed by atoms with Crippen molar-refractivity contribution in [1.29, 1.82) is 0 Å². The molecule has 0 N–H and O–H groups in total. The molecule has 0 unspecified atom stereocenters. The molecule has 4 heterocycles. The number of aromatic nitrogens is 2. The Bertz CT molecular complexity index is 1160. The lowest BCUT2D eigenvalue weighted by molar-refractivity contribution is 0.313. The van der Waals surface area contributed by atoms with Gasteiger partial charge in [-0.25, -0.2) is 13.4 Å². The summed E-state index contributed by atoms with van der Waals surface area (Å²) in [5, 5.41) is -0.396. The molecule has 1 saturated heterocycles. The molecule has 2 aliphatic rings. The highest BCUT2D eigenvalue weighted by atomic mass is 32.2. The third-order valence-corrected chi connectivity index (χ3v) is 8.17. The maximum absolute atomic E-state index is 13.2. The number of benzene rings is 1. The summed E-state index contributed by atoms with van der Waals surface area (Å²) in [6.07, 6.45) is 5.20. The lowest BCUT2D eigenvalue weighted by Gasteiger charge is -2.18. The Balaban J connectivity index is 1.47. The van der Waals surface area contributed by atoms with E-state index in [0.717, 1.165) is 22.3 Å². The fourth-order valence-corrected chi connectivity index (χ4v) is 6.74. The van der Waals surface area contributed by atoms with Crippen LogP contribution in [-0.2, 0) is 16.4 Å². The van der Waals surface area contributed by atoms with E-state index in [9.17, 15) is 8.42 Å². The first-order chi connectivity index (χ1) is 14.1. The molecule has 0 bridgehead atoms. The molecule has 7 heteroatoms. The molecule has 5 rings (SSSR count). The van der Waals surface area contributed by atoms with Crippen LogP contribution in [0.2, 0.25) is 0 Å². The van der Waals surface area contributed by atoms with Crippen molar-refractivity contribution in [3.63, 3.8) is 0 Å². The second-order valence-electron chi connectivity index (χ2n) is 7.54. The topological polar surface area (TPSA) is 72.4 Å². The van der Waals surface area contributed by atoms with Gasteiger partial charge in [-0.05, 0) is 47.0 Å². The zero-order valence-corrected chi connectivity index (χ0v) is 16.8. The van der Waals surface area contributed by atoms with Crippen molar-refractivity contribution in [3.8, 4) is 17.0 Å². The van der Waals surface area contributed by atoms with Crippen molar-refractivity contribution in [2.24, 2.45) is 0 Å². The third kappa shape index (κ3) is 3.01. The standard InChI is InChI=1S/C22H21N3O3S/c1-28-22-17(3-2-8-24-22)12-25-13-19-18-11-16(15-6-9-23-10-7-15)4-5-20(18)29(26,27)21(19)14-25/h2-11,19,21H,12-14H2,1H3/t19-,21-/m1/s1. The molecule has 0 spiro atoms. The van der Waals surface area contributed by atoms with Crippen LogP contribution in [0.4, 0.5) is 0 Å². The van der Waals surface area contributed by atoms with E-state index in [1.807, 2.05) is 36.4 Å². The van der Waals surface area contributed by atoms with Crippen molar-refractivity contribution >= 4 is 9.84 Å². The van der Waals surface area contributed by atoms with E-state index in [0.29, 0.717) is 30.4 Å². The first-order valence-corrected chi connectivity index (χ1v) is 11.1. The molecule has 2 aromatic heterocycles. The van der Waals surface area contributed by atoms with Crippen molar-refractivity contribution in [3.05, 3.63) is 72.2 Å². The smallest absolute Gasteiger partial charge is 0.217 e. The van der Waals surface area contributed by atoms with Gasteiger partial charge in [0.15, 0.2) is 9.84 Å². The minimum atomic E-state index is -3.32. The van der Waals surface area contributed by atoms with E-state index >= 15 is 0 Å². The van der Waals surface area contributed by atoms with Gasteiger partial charge in [-0.15, -0.1) is 0 Å². The number of hydrogen-bond acceptors (Lipinski definition) is 6. The number of fused-ring (bicyclic) bond motifs is 3. The van der Waals surface area contributed by atoms with Gasteiger partial charge in [-0.3, -0.25) is 9.88 Å². The first-order valence-electron chi connectivity index (χ1n) is 9.56. The highest BCUT2D eigenvalue weighted by Gasteiger charge is 2.50. The summed E-state index contributed by atoms with van der Waals surface area (Å²) in [5.74, 6) is 0.576. The van der Waals surface area contributed by atoms with E-state index in [2.05, 4.69) is 14.9 Å². The van der Waals surface area contributed by atoms with E-state index < -0.39 is 15.1 Å². The minimum absolute atomic E-state index is 0.0144. The predicted molar refractivity (Wildman–Crippen MR) is 109 cm³/mol. The van der Waals surface area contributed by atoms with E-state index in [-0.39, 0.29) is 5.92 Å². The van der Waals surface area contributed by atoms with Crippen LogP contribution in [0.1, 0.15) is 17.0 Å². The van der Waals surface area contributed by atoms with Crippen LogP contribution < -0.4 is 4.74 Å². The number of likely N-dealkylation sites (tertiary alicyclic amines) is 1. The summed E-state index contributed by atoms with van der Waals surface area (Å²) in [5.41, 5.74) is 3.97. The lowest BCUT2D eigenvalue weighted by Crippen LogP contribution is -2.26. The summed E-state index contributed by atoms with van der Waals surface area (Å²) in [7, 11) is -1.72. The Labute approximate surface area is 170 Å². The van der Waals surface area contributed by atoms with Crippen LogP contribution >= 0.6 is 0 Å². The normalized spacial score (nSPS) is 22.2. The van der Waals surface area contributed by atoms with E-state index in [1.54, 1.807) is 31.8 Å². The second-order valence-corrected chi connectivity index (χ2v) is 9.68. The summed E-state index contributed by atoms with van der Waals surface area (Å²) in [6.45, 7) is 1.85. The Morgan fingerprint density at radius 2 is 1.90 bits per heavy atom. The van der Waals surface area contributed by atoms with Gasteiger partial charge in [0.2, 0.25) is 5.88 Å². The zero-order valence-electron chi connectivity index (χ0n) is 16.0. The summed E-state index contributed by atoms with van der Waals surface area (Å²) >= 11 is 0. The van der Waals surface area contributed by atoms with Crippen molar-refractivity contribution in [2.45, 2.75) is 22.6 Å².